The molecule has 2 aromatic rings. The Balaban J connectivity index is 2.30. The third-order valence-electron chi connectivity index (χ3n) is 3.02. The largest absolute Gasteiger partial charge is 0.465 e. The maximum atomic E-state index is 12.4. The zero-order valence-electron chi connectivity index (χ0n) is 11.7. The van der Waals surface area contributed by atoms with Crippen molar-refractivity contribution in [1.29, 1.82) is 0 Å². The normalized spacial score (nSPS) is 10.2. The number of carbonyl (C=O) groups excluding carboxylic acids is 2. The zero-order valence-corrected chi connectivity index (χ0v) is 13.3. The van der Waals surface area contributed by atoms with Crippen molar-refractivity contribution in [3.05, 3.63) is 52.3 Å². The molecular formula is C15H15BrN2O3. The smallest absolute Gasteiger partial charge is 0.339 e. The summed E-state index contributed by atoms with van der Waals surface area (Å²) in [4.78, 5) is 24.1. The molecule has 0 aliphatic rings. The van der Waals surface area contributed by atoms with E-state index in [0.29, 0.717) is 23.5 Å². The second kappa shape index (κ2) is 6.58. The molecule has 0 bridgehead atoms. The molecule has 1 aromatic carbocycles. The molecule has 0 radical (unpaired) electrons. The van der Waals surface area contributed by atoms with Crippen LogP contribution in [0.4, 0.5) is 5.69 Å². The van der Waals surface area contributed by atoms with Crippen LogP contribution in [0.15, 0.2) is 41.0 Å². The summed E-state index contributed by atoms with van der Waals surface area (Å²) in [5.74, 6) is -0.767. The van der Waals surface area contributed by atoms with Crippen molar-refractivity contribution in [3.8, 4) is 0 Å². The van der Waals surface area contributed by atoms with Gasteiger partial charge in [0.05, 0.1) is 18.4 Å². The molecule has 0 aliphatic heterocycles. The Morgan fingerprint density at radius 2 is 2.05 bits per heavy atom. The molecule has 0 fully saturated rings. The van der Waals surface area contributed by atoms with E-state index in [1.807, 2.05) is 17.7 Å². The number of ether oxygens (including phenoxy) is 1. The van der Waals surface area contributed by atoms with Gasteiger partial charge in [0.2, 0.25) is 0 Å². The molecule has 1 heterocycles. The van der Waals surface area contributed by atoms with Crippen LogP contribution in [0.1, 0.15) is 27.8 Å². The number of rotatable bonds is 4. The number of methoxy groups -OCH3 is 1. The molecule has 6 heteroatoms. The van der Waals surface area contributed by atoms with E-state index in [9.17, 15) is 9.59 Å². The van der Waals surface area contributed by atoms with Crippen molar-refractivity contribution in [3.63, 3.8) is 0 Å². The monoisotopic (exact) mass is 350 g/mol. The summed E-state index contributed by atoms with van der Waals surface area (Å²) in [6.07, 6.45) is 1.83. The maximum absolute atomic E-state index is 12.4. The molecule has 1 N–H and O–H groups in total. The van der Waals surface area contributed by atoms with Crippen molar-refractivity contribution < 1.29 is 14.3 Å². The first-order valence-electron chi connectivity index (χ1n) is 6.41. The highest BCUT2D eigenvalue weighted by molar-refractivity contribution is 9.10. The Morgan fingerprint density at radius 1 is 1.33 bits per heavy atom. The lowest BCUT2D eigenvalue weighted by molar-refractivity contribution is 0.0602. The first kappa shape index (κ1) is 15.3. The lowest BCUT2D eigenvalue weighted by atomic mass is 10.1. The molecule has 21 heavy (non-hydrogen) atoms. The number of benzene rings is 1. The summed E-state index contributed by atoms with van der Waals surface area (Å²) in [5, 5.41) is 2.75. The van der Waals surface area contributed by atoms with Crippen LogP contribution < -0.4 is 5.32 Å². The number of para-hydroxylation sites is 1. The Bertz CT molecular complexity index is 679. The standard InChI is InChI=1S/C15H15BrN2O3/c1-3-18-9-10(16)8-13(18)14(19)17-12-7-5-4-6-11(12)15(20)21-2/h4-9H,3H2,1-2H3,(H,17,19). The summed E-state index contributed by atoms with van der Waals surface area (Å²) in [5.41, 5.74) is 1.26. The second-order valence-electron chi connectivity index (χ2n) is 4.32. The van der Waals surface area contributed by atoms with E-state index in [1.165, 1.54) is 7.11 Å². The lowest BCUT2D eigenvalue weighted by Crippen LogP contribution is -2.18. The fraction of sp³-hybridized carbons (Fsp3) is 0.200. The van der Waals surface area contributed by atoms with Gasteiger partial charge in [0.15, 0.2) is 0 Å². The number of hydrogen-bond acceptors (Lipinski definition) is 3. The minimum atomic E-state index is -0.488. The van der Waals surface area contributed by atoms with Crippen LogP contribution in [0.2, 0.25) is 0 Å². The zero-order chi connectivity index (χ0) is 15.4. The van der Waals surface area contributed by atoms with Gasteiger partial charge in [-0.15, -0.1) is 0 Å². The van der Waals surface area contributed by atoms with Gasteiger partial charge in [-0.1, -0.05) is 12.1 Å². The molecule has 0 unspecified atom stereocenters. The van der Waals surface area contributed by atoms with Crippen LogP contribution >= 0.6 is 15.9 Å². The van der Waals surface area contributed by atoms with Crippen molar-refractivity contribution in [1.82, 2.24) is 4.57 Å². The number of nitrogens with zero attached hydrogens (tertiary/aromatic N) is 1. The van der Waals surface area contributed by atoms with Gasteiger partial charge in [-0.05, 0) is 41.1 Å². The summed E-state index contributed by atoms with van der Waals surface area (Å²) >= 11 is 3.35. The van der Waals surface area contributed by atoms with Crippen LogP contribution in [0.5, 0.6) is 0 Å². The predicted molar refractivity (Wildman–Crippen MR) is 83.5 cm³/mol. The summed E-state index contributed by atoms with van der Waals surface area (Å²) < 4.78 is 7.36. The highest BCUT2D eigenvalue weighted by Crippen LogP contribution is 2.19. The van der Waals surface area contributed by atoms with Crippen LogP contribution in [0.3, 0.4) is 0 Å². The molecule has 5 nitrogen and oxygen atoms in total. The van der Waals surface area contributed by atoms with Crippen LogP contribution in [0, 0.1) is 0 Å². The number of amides is 1. The number of aromatic nitrogens is 1. The first-order chi connectivity index (χ1) is 10.1. The van der Waals surface area contributed by atoms with E-state index in [1.54, 1.807) is 30.3 Å². The minimum absolute atomic E-state index is 0.279. The maximum Gasteiger partial charge on any atom is 0.339 e. The van der Waals surface area contributed by atoms with Crippen molar-refractivity contribution in [2.75, 3.05) is 12.4 Å². The number of carbonyl (C=O) groups is 2. The summed E-state index contributed by atoms with van der Waals surface area (Å²) in [6.45, 7) is 2.62. The fourth-order valence-corrected chi connectivity index (χ4v) is 2.46. The molecule has 1 amide bonds. The van der Waals surface area contributed by atoms with E-state index in [2.05, 4.69) is 21.2 Å². The van der Waals surface area contributed by atoms with Gasteiger partial charge in [0, 0.05) is 17.2 Å². The molecule has 110 valence electrons. The number of esters is 1. The van der Waals surface area contributed by atoms with Gasteiger partial charge in [-0.3, -0.25) is 4.79 Å². The van der Waals surface area contributed by atoms with E-state index >= 15 is 0 Å². The van der Waals surface area contributed by atoms with Crippen LogP contribution in [0.25, 0.3) is 0 Å². The van der Waals surface area contributed by atoms with Crippen LogP contribution in [-0.4, -0.2) is 23.6 Å². The number of halogens is 1. The quantitative estimate of drug-likeness (QED) is 0.860. The summed E-state index contributed by atoms with van der Waals surface area (Å²) in [6, 6.07) is 8.47. The second-order valence-corrected chi connectivity index (χ2v) is 5.24. The SMILES string of the molecule is CCn1cc(Br)cc1C(=O)Nc1ccccc1C(=O)OC. The molecule has 0 atom stereocenters. The van der Waals surface area contributed by atoms with Gasteiger partial charge < -0.3 is 14.6 Å². The minimum Gasteiger partial charge on any atom is -0.465 e. The Morgan fingerprint density at radius 3 is 2.71 bits per heavy atom. The van der Waals surface area contributed by atoms with Crippen molar-refractivity contribution >= 4 is 33.5 Å². The lowest BCUT2D eigenvalue weighted by Gasteiger charge is -2.10. The van der Waals surface area contributed by atoms with Gasteiger partial charge in [-0.2, -0.15) is 0 Å². The highest BCUT2D eigenvalue weighted by atomic mass is 79.9. The number of hydrogen-bond donors (Lipinski definition) is 1. The average Bonchev–Trinajstić information content (AvgIpc) is 2.88. The summed E-state index contributed by atoms with van der Waals surface area (Å²) in [7, 11) is 1.31. The van der Waals surface area contributed by atoms with Crippen LogP contribution in [-0.2, 0) is 11.3 Å². The number of aryl methyl sites for hydroxylation is 1. The molecule has 1 aromatic heterocycles. The van der Waals surface area contributed by atoms with E-state index in [-0.39, 0.29) is 5.91 Å². The fourth-order valence-electron chi connectivity index (χ4n) is 1.99. The van der Waals surface area contributed by atoms with E-state index in [0.717, 1.165) is 4.47 Å². The topological polar surface area (TPSA) is 60.3 Å². The molecule has 0 saturated heterocycles. The Kier molecular flexibility index (Phi) is 4.80. The first-order valence-corrected chi connectivity index (χ1v) is 7.20. The number of nitrogens with one attached hydrogen (secondary N) is 1. The van der Waals surface area contributed by atoms with Gasteiger partial charge in [-0.25, -0.2) is 4.79 Å². The molecule has 0 spiro atoms. The number of anilines is 1. The molecule has 0 saturated carbocycles. The van der Waals surface area contributed by atoms with Gasteiger partial charge >= 0.3 is 5.97 Å². The Labute approximate surface area is 131 Å². The predicted octanol–water partition coefficient (Wildman–Crippen LogP) is 3.31. The van der Waals surface area contributed by atoms with Gasteiger partial charge in [0.25, 0.3) is 5.91 Å². The molecule has 2 rings (SSSR count). The van der Waals surface area contributed by atoms with Gasteiger partial charge in [0.1, 0.15) is 5.69 Å². The third kappa shape index (κ3) is 3.33. The third-order valence-corrected chi connectivity index (χ3v) is 3.45. The molecule has 0 aliphatic carbocycles. The average molecular weight is 351 g/mol. The van der Waals surface area contributed by atoms with Crippen molar-refractivity contribution in [2.45, 2.75) is 13.5 Å². The Hall–Kier alpha value is -2.08. The highest BCUT2D eigenvalue weighted by Gasteiger charge is 2.16. The van der Waals surface area contributed by atoms with E-state index < -0.39 is 5.97 Å². The van der Waals surface area contributed by atoms with Crippen molar-refractivity contribution in [2.24, 2.45) is 0 Å². The van der Waals surface area contributed by atoms with E-state index in [4.69, 9.17) is 4.74 Å². The molecular weight excluding hydrogens is 336 g/mol.